The highest BCUT2D eigenvalue weighted by Gasteiger charge is 2.40. The number of ether oxygens (including phenoxy) is 2. The summed E-state index contributed by atoms with van der Waals surface area (Å²) < 4.78 is 23.9. The summed E-state index contributed by atoms with van der Waals surface area (Å²) in [7, 11) is 0.893. The van der Waals surface area contributed by atoms with Crippen molar-refractivity contribution in [3.05, 3.63) is 40.3 Å². The van der Waals surface area contributed by atoms with Crippen LogP contribution in [0, 0.1) is 6.92 Å². The number of fused-ring (bicyclic) bond motifs is 1. The maximum Gasteiger partial charge on any atom is 0.250 e. The van der Waals surface area contributed by atoms with Gasteiger partial charge in [-0.2, -0.15) is 0 Å². The molecule has 0 aliphatic rings. The van der Waals surface area contributed by atoms with E-state index in [-0.39, 0.29) is 10.5 Å². The summed E-state index contributed by atoms with van der Waals surface area (Å²) in [5.41, 5.74) is 0.853. The third-order valence-electron chi connectivity index (χ3n) is 5.56. The molecule has 2 aromatic rings. The van der Waals surface area contributed by atoms with Crippen molar-refractivity contribution in [2.75, 3.05) is 14.2 Å². The van der Waals surface area contributed by atoms with Gasteiger partial charge in [-0.05, 0) is 31.5 Å². The number of hydrogen-bond acceptors (Lipinski definition) is 5. The molecule has 2 rings (SSSR count). The number of methoxy groups -OCH3 is 2. The Hall–Kier alpha value is -2.21. The third kappa shape index (κ3) is 3.97. The Morgan fingerprint density at radius 2 is 1.79 bits per heavy atom. The van der Waals surface area contributed by atoms with Gasteiger partial charge in [0.15, 0.2) is 22.5 Å². The molecule has 1 aromatic heterocycles. The van der Waals surface area contributed by atoms with E-state index in [1.807, 2.05) is 6.08 Å². The van der Waals surface area contributed by atoms with E-state index in [4.69, 9.17) is 18.3 Å². The predicted molar refractivity (Wildman–Crippen MR) is 117 cm³/mol. The normalized spacial score (nSPS) is 12.1. The fourth-order valence-corrected chi connectivity index (χ4v) is 3.72. The maximum absolute atomic E-state index is 13.2. The monoisotopic (exact) mass is 404 g/mol. The van der Waals surface area contributed by atoms with Gasteiger partial charge in [0, 0.05) is 18.1 Å². The van der Waals surface area contributed by atoms with E-state index in [9.17, 15) is 4.79 Å². The molecule has 0 bridgehead atoms. The molecular weight excluding hydrogens is 372 g/mol. The standard InChI is InChI=1S/C22H32O5Si/c1-10-11-12-15-14(2)19(23)18-16(24-6)13-17(25-7)20(21(18)26-15)27-28(8,9)22(3,4)5/h10,13H,1,11-12H2,2-9H3. The Labute approximate surface area is 168 Å². The van der Waals surface area contributed by atoms with E-state index in [1.165, 1.54) is 7.11 Å². The minimum atomic E-state index is -2.21. The fourth-order valence-electron chi connectivity index (χ4n) is 2.71. The van der Waals surface area contributed by atoms with Crippen molar-refractivity contribution < 1.29 is 18.3 Å². The van der Waals surface area contributed by atoms with Crippen LogP contribution in [0.25, 0.3) is 11.0 Å². The van der Waals surface area contributed by atoms with Crippen molar-refractivity contribution in [2.24, 2.45) is 0 Å². The molecule has 0 atom stereocenters. The zero-order valence-electron chi connectivity index (χ0n) is 18.3. The second-order valence-electron chi connectivity index (χ2n) is 8.48. The van der Waals surface area contributed by atoms with Crippen molar-refractivity contribution in [3.63, 3.8) is 0 Å². The van der Waals surface area contributed by atoms with Crippen LogP contribution in [0.4, 0.5) is 0 Å². The summed E-state index contributed by atoms with van der Waals surface area (Å²) in [6.45, 7) is 16.3. The van der Waals surface area contributed by atoms with Crippen LogP contribution >= 0.6 is 0 Å². The van der Waals surface area contributed by atoms with Crippen LogP contribution in [-0.4, -0.2) is 22.5 Å². The molecule has 0 spiro atoms. The molecule has 0 saturated heterocycles. The molecule has 0 saturated carbocycles. The summed E-state index contributed by atoms with van der Waals surface area (Å²) in [4.78, 5) is 13.2. The highest BCUT2D eigenvalue weighted by Crippen LogP contribution is 2.45. The lowest BCUT2D eigenvalue weighted by Gasteiger charge is -2.36. The van der Waals surface area contributed by atoms with Crippen LogP contribution in [-0.2, 0) is 6.42 Å². The highest BCUT2D eigenvalue weighted by molar-refractivity contribution is 6.74. The van der Waals surface area contributed by atoms with E-state index in [0.29, 0.717) is 46.0 Å². The Balaban J connectivity index is 2.89. The first-order chi connectivity index (χ1) is 13.0. The summed E-state index contributed by atoms with van der Waals surface area (Å²) in [6.07, 6.45) is 3.12. The smallest absolute Gasteiger partial charge is 0.250 e. The lowest BCUT2D eigenvalue weighted by atomic mass is 10.1. The van der Waals surface area contributed by atoms with Crippen LogP contribution < -0.4 is 19.3 Å². The largest absolute Gasteiger partial charge is 0.538 e. The number of allylic oxidation sites excluding steroid dienone is 1. The van der Waals surface area contributed by atoms with Crippen molar-refractivity contribution >= 4 is 19.3 Å². The van der Waals surface area contributed by atoms with Crippen molar-refractivity contribution in [1.82, 2.24) is 0 Å². The molecule has 5 nitrogen and oxygen atoms in total. The first-order valence-corrected chi connectivity index (χ1v) is 12.4. The van der Waals surface area contributed by atoms with Gasteiger partial charge in [-0.15, -0.1) is 6.58 Å². The molecule has 0 aliphatic carbocycles. The molecule has 1 aromatic carbocycles. The summed E-state index contributed by atoms with van der Waals surface area (Å²) >= 11 is 0. The Kier molecular flexibility index (Phi) is 6.33. The zero-order valence-corrected chi connectivity index (χ0v) is 19.3. The van der Waals surface area contributed by atoms with E-state index < -0.39 is 8.32 Å². The van der Waals surface area contributed by atoms with Crippen LogP contribution in [0.2, 0.25) is 18.1 Å². The molecule has 0 fully saturated rings. The minimum absolute atomic E-state index is 0.0269. The molecule has 0 unspecified atom stereocenters. The molecule has 0 radical (unpaired) electrons. The van der Waals surface area contributed by atoms with Gasteiger partial charge in [0.05, 0.1) is 14.2 Å². The molecular formula is C22H32O5Si. The molecule has 1 heterocycles. The lowest BCUT2D eigenvalue weighted by molar-refractivity contribution is 0.373. The Morgan fingerprint density at radius 1 is 1.18 bits per heavy atom. The number of benzene rings is 1. The van der Waals surface area contributed by atoms with Gasteiger partial charge in [0.25, 0.3) is 8.32 Å². The van der Waals surface area contributed by atoms with Crippen LogP contribution in [0.5, 0.6) is 17.2 Å². The number of rotatable bonds is 7. The average Bonchev–Trinajstić information content (AvgIpc) is 2.62. The number of hydrogen-bond donors (Lipinski definition) is 0. The van der Waals surface area contributed by atoms with Gasteiger partial charge in [-0.3, -0.25) is 4.79 Å². The quantitative estimate of drug-likeness (QED) is 0.443. The molecule has 6 heteroatoms. The van der Waals surface area contributed by atoms with Gasteiger partial charge >= 0.3 is 0 Å². The second-order valence-corrected chi connectivity index (χ2v) is 13.2. The Morgan fingerprint density at radius 3 is 2.29 bits per heavy atom. The van der Waals surface area contributed by atoms with E-state index in [0.717, 1.165) is 6.42 Å². The van der Waals surface area contributed by atoms with Gasteiger partial charge < -0.3 is 18.3 Å². The van der Waals surface area contributed by atoms with Gasteiger partial charge in [0.2, 0.25) is 0 Å². The van der Waals surface area contributed by atoms with Crippen LogP contribution in [0.15, 0.2) is 27.9 Å². The van der Waals surface area contributed by atoms with Gasteiger partial charge in [0.1, 0.15) is 16.9 Å². The predicted octanol–water partition coefficient (Wildman–Crippen LogP) is 5.62. The first-order valence-electron chi connectivity index (χ1n) is 9.49. The molecule has 154 valence electrons. The molecule has 0 amide bonds. The van der Waals surface area contributed by atoms with Crippen molar-refractivity contribution in [2.45, 2.75) is 58.7 Å². The highest BCUT2D eigenvalue weighted by atomic mass is 28.4. The van der Waals surface area contributed by atoms with Crippen LogP contribution in [0.1, 0.15) is 38.5 Å². The minimum Gasteiger partial charge on any atom is -0.538 e. The van der Waals surface area contributed by atoms with E-state index in [2.05, 4.69) is 40.4 Å². The van der Waals surface area contributed by atoms with E-state index >= 15 is 0 Å². The summed E-state index contributed by atoms with van der Waals surface area (Å²) in [5.74, 6) is 2.02. The zero-order chi connectivity index (χ0) is 21.3. The van der Waals surface area contributed by atoms with Crippen LogP contribution in [0.3, 0.4) is 0 Å². The average molecular weight is 405 g/mol. The summed E-state index contributed by atoms with van der Waals surface area (Å²) in [6, 6.07) is 1.70. The van der Waals surface area contributed by atoms with E-state index in [1.54, 1.807) is 20.1 Å². The topological polar surface area (TPSA) is 57.9 Å². The lowest BCUT2D eigenvalue weighted by Crippen LogP contribution is -2.44. The second kappa shape index (κ2) is 8.03. The molecule has 0 aliphatic heterocycles. The third-order valence-corrected chi connectivity index (χ3v) is 9.88. The first kappa shape index (κ1) is 22.1. The molecule has 28 heavy (non-hydrogen) atoms. The van der Waals surface area contributed by atoms with Crippen molar-refractivity contribution in [1.29, 1.82) is 0 Å². The van der Waals surface area contributed by atoms with Crippen molar-refractivity contribution in [3.8, 4) is 17.2 Å². The number of aryl methyl sites for hydroxylation is 1. The fraction of sp³-hybridized carbons (Fsp3) is 0.500. The van der Waals surface area contributed by atoms with Gasteiger partial charge in [-0.25, -0.2) is 0 Å². The van der Waals surface area contributed by atoms with Gasteiger partial charge in [-0.1, -0.05) is 26.8 Å². The maximum atomic E-state index is 13.2. The Bertz CT molecular complexity index is 935. The molecule has 0 N–H and O–H groups in total. The SMILES string of the molecule is C=CCCc1oc2c(O[Si](C)(C)C(C)(C)C)c(OC)cc(OC)c2c(=O)c1C. The summed E-state index contributed by atoms with van der Waals surface area (Å²) in [5, 5.41) is 0.359.